The Hall–Kier alpha value is -4.44. The third-order valence-corrected chi connectivity index (χ3v) is 5.60. The number of benzene rings is 3. The molecule has 2 aromatic heterocycles. The summed E-state index contributed by atoms with van der Waals surface area (Å²) >= 11 is 0. The highest BCUT2D eigenvalue weighted by Gasteiger charge is 2.26. The fourth-order valence-electron chi connectivity index (χ4n) is 4.12. The fourth-order valence-corrected chi connectivity index (χ4v) is 4.12. The molecule has 4 heteroatoms. The summed E-state index contributed by atoms with van der Waals surface area (Å²) in [5.41, 5.74) is 7.38. The Bertz CT molecular complexity index is 1300. The maximum absolute atomic E-state index is 6.20. The lowest BCUT2D eigenvalue weighted by Crippen LogP contribution is -2.15. The average molecular weight is 413 g/mol. The number of hydrogen-bond acceptors (Lipinski definition) is 4. The largest absolute Gasteiger partial charge is 0.453 e. The van der Waals surface area contributed by atoms with E-state index in [2.05, 4.69) is 57.3 Å². The number of hydrogen-bond donors (Lipinski definition) is 0. The van der Waals surface area contributed by atoms with E-state index in [1.165, 1.54) is 0 Å². The first kappa shape index (κ1) is 18.3. The monoisotopic (exact) mass is 413 g/mol. The first-order valence-electron chi connectivity index (χ1n) is 10.5. The number of aromatic nitrogens is 2. The second kappa shape index (κ2) is 7.67. The number of pyridine rings is 2. The van der Waals surface area contributed by atoms with Gasteiger partial charge in [-0.3, -0.25) is 9.97 Å². The van der Waals surface area contributed by atoms with Crippen LogP contribution >= 0.6 is 0 Å². The SMILES string of the molecule is c1cncc(-c2cc(-c3cccnc3)cc(N3c4ccccc4Oc4ccccc43)c2)c1. The van der Waals surface area contributed by atoms with E-state index in [9.17, 15) is 0 Å². The van der Waals surface area contributed by atoms with Gasteiger partial charge in [0, 0.05) is 41.6 Å². The molecule has 32 heavy (non-hydrogen) atoms. The number of rotatable bonds is 3. The molecule has 5 aromatic rings. The van der Waals surface area contributed by atoms with Gasteiger partial charge in [0.15, 0.2) is 11.5 Å². The standard InChI is InChI=1S/C28H19N3O/c1-3-11-27-25(9-1)31(26-10-2-4-12-28(26)32-27)24-16-22(20-7-5-13-29-18-20)15-23(17-24)21-8-6-14-30-19-21/h1-19H. The zero-order valence-corrected chi connectivity index (χ0v) is 17.2. The molecule has 0 atom stereocenters. The van der Waals surface area contributed by atoms with Crippen LogP contribution in [0.25, 0.3) is 22.3 Å². The molecule has 0 aliphatic carbocycles. The molecular weight excluding hydrogens is 394 g/mol. The molecule has 3 aromatic carbocycles. The van der Waals surface area contributed by atoms with E-state index in [0.29, 0.717) is 0 Å². The maximum atomic E-state index is 6.20. The van der Waals surface area contributed by atoms with Crippen molar-refractivity contribution in [2.75, 3.05) is 4.90 Å². The highest BCUT2D eigenvalue weighted by atomic mass is 16.5. The minimum atomic E-state index is 0.834. The summed E-state index contributed by atoms with van der Waals surface area (Å²) in [5.74, 6) is 1.67. The van der Waals surface area contributed by atoms with Crippen molar-refractivity contribution in [3.63, 3.8) is 0 Å². The Morgan fingerprint density at radius 3 is 1.56 bits per heavy atom. The van der Waals surface area contributed by atoms with E-state index in [1.807, 2.05) is 60.9 Å². The normalized spacial score (nSPS) is 11.9. The summed E-state index contributed by atoms with van der Waals surface area (Å²) in [6.07, 6.45) is 7.38. The second-order valence-electron chi connectivity index (χ2n) is 7.62. The first-order chi connectivity index (χ1) is 15.9. The van der Waals surface area contributed by atoms with Crippen molar-refractivity contribution in [2.24, 2.45) is 0 Å². The summed E-state index contributed by atoms with van der Waals surface area (Å²) < 4.78 is 6.20. The van der Waals surface area contributed by atoms with Crippen LogP contribution in [0.2, 0.25) is 0 Å². The Morgan fingerprint density at radius 2 is 1.06 bits per heavy atom. The predicted octanol–water partition coefficient (Wildman–Crippen LogP) is 7.39. The maximum Gasteiger partial charge on any atom is 0.151 e. The van der Waals surface area contributed by atoms with Gasteiger partial charge < -0.3 is 9.64 Å². The Kier molecular flexibility index (Phi) is 4.40. The summed E-state index contributed by atoms with van der Waals surface area (Å²) in [7, 11) is 0. The summed E-state index contributed by atoms with van der Waals surface area (Å²) in [6.45, 7) is 0. The van der Waals surface area contributed by atoms with Crippen LogP contribution in [0.4, 0.5) is 17.1 Å². The fraction of sp³-hybridized carbons (Fsp3) is 0. The van der Waals surface area contributed by atoms with E-state index >= 15 is 0 Å². The van der Waals surface area contributed by atoms with Crippen molar-refractivity contribution in [1.82, 2.24) is 9.97 Å². The van der Waals surface area contributed by atoms with Crippen molar-refractivity contribution < 1.29 is 4.74 Å². The van der Waals surface area contributed by atoms with E-state index < -0.39 is 0 Å². The van der Waals surface area contributed by atoms with Gasteiger partial charge in [-0.05, 0) is 65.7 Å². The lowest BCUT2D eigenvalue weighted by atomic mass is 9.98. The lowest BCUT2D eigenvalue weighted by Gasteiger charge is -2.33. The van der Waals surface area contributed by atoms with Gasteiger partial charge in [-0.2, -0.15) is 0 Å². The van der Waals surface area contributed by atoms with Crippen LogP contribution in [-0.2, 0) is 0 Å². The van der Waals surface area contributed by atoms with Crippen LogP contribution < -0.4 is 9.64 Å². The van der Waals surface area contributed by atoms with Gasteiger partial charge in [0.25, 0.3) is 0 Å². The van der Waals surface area contributed by atoms with Crippen LogP contribution in [0.5, 0.6) is 11.5 Å². The van der Waals surface area contributed by atoms with Gasteiger partial charge in [-0.15, -0.1) is 0 Å². The number of fused-ring (bicyclic) bond motifs is 2. The third-order valence-electron chi connectivity index (χ3n) is 5.60. The zero-order chi connectivity index (χ0) is 21.3. The highest BCUT2D eigenvalue weighted by Crippen LogP contribution is 2.51. The topological polar surface area (TPSA) is 38.2 Å². The summed E-state index contributed by atoms with van der Waals surface area (Å²) in [5, 5.41) is 0. The predicted molar refractivity (Wildman–Crippen MR) is 128 cm³/mol. The van der Waals surface area contributed by atoms with Crippen molar-refractivity contribution in [1.29, 1.82) is 0 Å². The number of ether oxygens (including phenoxy) is 1. The van der Waals surface area contributed by atoms with Crippen LogP contribution in [-0.4, -0.2) is 9.97 Å². The Labute approximate surface area is 186 Å². The molecule has 152 valence electrons. The van der Waals surface area contributed by atoms with Crippen molar-refractivity contribution >= 4 is 17.1 Å². The van der Waals surface area contributed by atoms with Crippen LogP contribution in [0.1, 0.15) is 0 Å². The highest BCUT2D eigenvalue weighted by molar-refractivity contribution is 5.89. The molecule has 0 unspecified atom stereocenters. The first-order valence-corrected chi connectivity index (χ1v) is 10.5. The van der Waals surface area contributed by atoms with Gasteiger partial charge in [0.2, 0.25) is 0 Å². The minimum Gasteiger partial charge on any atom is -0.453 e. The van der Waals surface area contributed by atoms with Crippen LogP contribution in [0.3, 0.4) is 0 Å². The molecule has 1 aliphatic rings. The molecule has 0 bridgehead atoms. The van der Waals surface area contributed by atoms with Gasteiger partial charge in [0.05, 0.1) is 11.4 Å². The molecule has 3 heterocycles. The van der Waals surface area contributed by atoms with Crippen molar-refractivity contribution in [3.8, 4) is 33.8 Å². The van der Waals surface area contributed by atoms with Crippen molar-refractivity contribution in [3.05, 3.63) is 116 Å². The molecule has 6 rings (SSSR count). The molecule has 0 amide bonds. The smallest absolute Gasteiger partial charge is 0.151 e. The molecule has 1 aliphatic heterocycles. The minimum absolute atomic E-state index is 0.834. The number of nitrogens with zero attached hydrogens (tertiary/aromatic N) is 3. The average Bonchev–Trinajstić information content (AvgIpc) is 2.88. The molecule has 0 spiro atoms. The van der Waals surface area contributed by atoms with Gasteiger partial charge in [-0.25, -0.2) is 0 Å². The van der Waals surface area contributed by atoms with Crippen LogP contribution in [0, 0.1) is 0 Å². The number of anilines is 3. The van der Waals surface area contributed by atoms with Crippen molar-refractivity contribution in [2.45, 2.75) is 0 Å². The van der Waals surface area contributed by atoms with E-state index in [-0.39, 0.29) is 0 Å². The second-order valence-corrected chi connectivity index (χ2v) is 7.62. The lowest BCUT2D eigenvalue weighted by molar-refractivity contribution is 0.477. The molecule has 0 saturated heterocycles. The van der Waals surface area contributed by atoms with Gasteiger partial charge in [-0.1, -0.05) is 36.4 Å². The Morgan fingerprint density at radius 1 is 0.531 bits per heavy atom. The Balaban J connectivity index is 1.61. The zero-order valence-electron chi connectivity index (χ0n) is 17.2. The molecule has 4 nitrogen and oxygen atoms in total. The summed E-state index contributed by atoms with van der Waals surface area (Å²) in [4.78, 5) is 10.9. The number of para-hydroxylation sites is 4. The van der Waals surface area contributed by atoms with E-state index in [4.69, 9.17) is 4.74 Å². The molecule has 0 radical (unpaired) electrons. The third kappa shape index (κ3) is 3.19. The quantitative estimate of drug-likeness (QED) is 0.303. The van der Waals surface area contributed by atoms with E-state index in [1.54, 1.807) is 12.4 Å². The van der Waals surface area contributed by atoms with Gasteiger partial charge in [0.1, 0.15) is 0 Å². The molecule has 0 N–H and O–H groups in total. The van der Waals surface area contributed by atoms with Crippen LogP contribution in [0.15, 0.2) is 116 Å². The molecule has 0 saturated carbocycles. The molecule has 0 fully saturated rings. The van der Waals surface area contributed by atoms with Gasteiger partial charge >= 0.3 is 0 Å². The molecular formula is C28H19N3O. The summed E-state index contributed by atoms with van der Waals surface area (Å²) in [6, 6.07) is 31.0. The van der Waals surface area contributed by atoms with E-state index in [0.717, 1.165) is 50.8 Å².